The van der Waals surface area contributed by atoms with Gasteiger partial charge in [-0.3, -0.25) is 4.79 Å². The summed E-state index contributed by atoms with van der Waals surface area (Å²) in [7, 11) is 0. The van der Waals surface area contributed by atoms with Crippen molar-refractivity contribution < 1.29 is 9.21 Å². The molecular formula is C14H15BrN2O2. The quantitative estimate of drug-likeness (QED) is 0.832. The van der Waals surface area contributed by atoms with E-state index in [1.165, 1.54) is 12.8 Å². The molecule has 0 radical (unpaired) electrons. The second kappa shape index (κ2) is 5.35. The van der Waals surface area contributed by atoms with E-state index >= 15 is 0 Å². The zero-order chi connectivity index (χ0) is 13.2. The number of amides is 1. The fraction of sp³-hybridized carbons (Fsp3) is 0.357. The summed E-state index contributed by atoms with van der Waals surface area (Å²) in [6, 6.07) is 8.17. The van der Waals surface area contributed by atoms with Gasteiger partial charge in [0.2, 0.25) is 0 Å². The number of furan rings is 1. The lowest BCUT2D eigenvalue weighted by Crippen LogP contribution is -2.32. The molecule has 1 saturated carbocycles. The van der Waals surface area contributed by atoms with Crippen LogP contribution in [-0.2, 0) is 0 Å². The molecule has 1 heterocycles. The van der Waals surface area contributed by atoms with Crippen LogP contribution in [0.25, 0.3) is 11.0 Å². The van der Waals surface area contributed by atoms with Crippen molar-refractivity contribution in [2.45, 2.75) is 18.9 Å². The van der Waals surface area contributed by atoms with Crippen LogP contribution < -0.4 is 10.6 Å². The summed E-state index contributed by atoms with van der Waals surface area (Å²) in [5.41, 5.74) is 0.712. The number of benzene rings is 1. The smallest absolute Gasteiger partial charge is 0.287 e. The number of rotatable bonds is 5. The van der Waals surface area contributed by atoms with Crippen LogP contribution in [0.15, 0.2) is 33.2 Å². The van der Waals surface area contributed by atoms with E-state index in [-0.39, 0.29) is 5.91 Å². The summed E-state index contributed by atoms with van der Waals surface area (Å²) in [6.07, 6.45) is 2.51. The molecule has 3 rings (SSSR count). The van der Waals surface area contributed by atoms with E-state index in [4.69, 9.17) is 4.42 Å². The second-order valence-corrected chi connectivity index (χ2v) is 5.61. The Morgan fingerprint density at radius 3 is 2.95 bits per heavy atom. The van der Waals surface area contributed by atoms with Gasteiger partial charge in [-0.05, 0) is 40.9 Å². The topological polar surface area (TPSA) is 54.3 Å². The van der Waals surface area contributed by atoms with Crippen LogP contribution in [0.2, 0.25) is 0 Å². The van der Waals surface area contributed by atoms with Gasteiger partial charge in [-0.25, -0.2) is 0 Å². The van der Waals surface area contributed by atoms with Crippen molar-refractivity contribution in [3.63, 3.8) is 0 Å². The number of hydrogen-bond acceptors (Lipinski definition) is 3. The normalized spacial score (nSPS) is 14.8. The van der Waals surface area contributed by atoms with E-state index in [9.17, 15) is 4.79 Å². The van der Waals surface area contributed by atoms with Crippen molar-refractivity contribution in [3.8, 4) is 0 Å². The largest absolute Gasteiger partial charge is 0.450 e. The molecular weight excluding hydrogens is 308 g/mol. The third kappa shape index (κ3) is 2.98. The van der Waals surface area contributed by atoms with Gasteiger partial charge in [0.25, 0.3) is 5.91 Å². The minimum atomic E-state index is -0.166. The van der Waals surface area contributed by atoms with Crippen molar-refractivity contribution in [2.24, 2.45) is 0 Å². The van der Waals surface area contributed by atoms with Gasteiger partial charge in [-0.1, -0.05) is 12.1 Å². The summed E-state index contributed by atoms with van der Waals surface area (Å²) in [6.45, 7) is 1.42. The molecule has 100 valence electrons. The SMILES string of the molecule is O=C(NCCNC1CC1)c1cc2cccc(Br)c2o1. The average Bonchev–Trinajstić information content (AvgIpc) is 3.11. The first-order valence-corrected chi connectivity index (χ1v) is 7.23. The molecule has 0 spiro atoms. The van der Waals surface area contributed by atoms with Gasteiger partial charge in [-0.2, -0.15) is 0 Å². The maximum absolute atomic E-state index is 11.9. The summed E-state index contributed by atoms with van der Waals surface area (Å²) in [4.78, 5) is 11.9. The molecule has 1 aromatic heterocycles. The Hall–Kier alpha value is -1.33. The lowest BCUT2D eigenvalue weighted by Gasteiger charge is -2.03. The van der Waals surface area contributed by atoms with Crippen molar-refractivity contribution in [1.82, 2.24) is 10.6 Å². The molecule has 1 aliphatic carbocycles. The number of fused-ring (bicyclic) bond motifs is 1. The molecule has 4 nitrogen and oxygen atoms in total. The van der Waals surface area contributed by atoms with Crippen molar-refractivity contribution in [2.75, 3.05) is 13.1 Å². The Morgan fingerprint density at radius 2 is 2.21 bits per heavy atom. The molecule has 0 bridgehead atoms. The zero-order valence-corrected chi connectivity index (χ0v) is 12.0. The molecule has 2 aromatic rings. The van der Waals surface area contributed by atoms with Gasteiger partial charge >= 0.3 is 0 Å². The number of halogens is 1. The maximum atomic E-state index is 11.9. The Bertz CT molecular complexity index is 605. The van der Waals surface area contributed by atoms with Crippen molar-refractivity contribution in [1.29, 1.82) is 0 Å². The minimum Gasteiger partial charge on any atom is -0.450 e. The molecule has 0 aliphatic heterocycles. The highest BCUT2D eigenvalue weighted by molar-refractivity contribution is 9.10. The molecule has 1 aromatic carbocycles. The highest BCUT2D eigenvalue weighted by Gasteiger charge is 2.20. The Kier molecular flexibility index (Phi) is 3.57. The Balaban J connectivity index is 1.62. The third-order valence-electron chi connectivity index (χ3n) is 3.14. The van der Waals surface area contributed by atoms with Crippen molar-refractivity contribution >= 4 is 32.8 Å². The summed E-state index contributed by atoms with van der Waals surface area (Å²) in [5.74, 6) is 0.189. The molecule has 1 fully saturated rings. The first-order valence-electron chi connectivity index (χ1n) is 6.44. The molecule has 2 N–H and O–H groups in total. The average molecular weight is 323 g/mol. The number of carbonyl (C=O) groups excluding carboxylic acids is 1. The standard InChI is InChI=1S/C14H15BrN2O2/c15-11-3-1-2-9-8-12(19-13(9)11)14(18)17-7-6-16-10-4-5-10/h1-3,8,10,16H,4-7H2,(H,17,18). The second-order valence-electron chi connectivity index (χ2n) is 4.75. The third-order valence-corrected chi connectivity index (χ3v) is 3.77. The predicted octanol–water partition coefficient (Wildman–Crippen LogP) is 2.68. The number of para-hydroxylation sites is 1. The van der Waals surface area contributed by atoms with E-state index < -0.39 is 0 Å². The first-order chi connectivity index (χ1) is 9.24. The van der Waals surface area contributed by atoms with Gasteiger partial charge in [0.1, 0.15) is 5.58 Å². The summed E-state index contributed by atoms with van der Waals surface area (Å²) in [5, 5.41) is 7.12. The van der Waals surface area contributed by atoms with Gasteiger partial charge in [0.05, 0.1) is 4.47 Å². The van der Waals surface area contributed by atoms with Gasteiger partial charge in [-0.15, -0.1) is 0 Å². The van der Waals surface area contributed by atoms with Crippen LogP contribution in [-0.4, -0.2) is 25.0 Å². The highest BCUT2D eigenvalue weighted by Crippen LogP contribution is 2.26. The molecule has 1 amide bonds. The zero-order valence-electron chi connectivity index (χ0n) is 10.4. The van der Waals surface area contributed by atoms with Crippen LogP contribution in [0.5, 0.6) is 0 Å². The number of nitrogens with one attached hydrogen (secondary N) is 2. The van der Waals surface area contributed by atoms with E-state index in [0.717, 1.165) is 16.4 Å². The van der Waals surface area contributed by atoms with Gasteiger partial charge in [0.15, 0.2) is 5.76 Å². The van der Waals surface area contributed by atoms with E-state index in [0.29, 0.717) is 23.9 Å². The van der Waals surface area contributed by atoms with E-state index in [1.54, 1.807) is 6.07 Å². The van der Waals surface area contributed by atoms with Gasteiger partial charge < -0.3 is 15.1 Å². The number of carbonyl (C=O) groups is 1. The fourth-order valence-corrected chi connectivity index (χ4v) is 2.43. The Labute approximate surface area is 119 Å². The Morgan fingerprint density at radius 1 is 1.37 bits per heavy atom. The van der Waals surface area contributed by atoms with Gasteiger partial charge in [0, 0.05) is 24.5 Å². The van der Waals surface area contributed by atoms with Crippen molar-refractivity contribution in [3.05, 3.63) is 34.5 Å². The van der Waals surface area contributed by atoms with Crippen LogP contribution in [0.4, 0.5) is 0 Å². The van der Waals surface area contributed by atoms with Crippen LogP contribution in [0.1, 0.15) is 23.4 Å². The molecule has 1 aliphatic rings. The molecule has 0 unspecified atom stereocenters. The number of hydrogen-bond donors (Lipinski definition) is 2. The summed E-state index contributed by atoms with van der Waals surface area (Å²) < 4.78 is 6.43. The monoisotopic (exact) mass is 322 g/mol. The van der Waals surface area contributed by atoms with Crippen LogP contribution >= 0.6 is 15.9 Å². The highest BCUT2D eigenvalue weighted by atomic mass is 79.9. The lowest BCUT2D eigenvalue weighted by molar-refractivity contribution is 0.0928. The molecule has 0 atom stereocenters. The van der Waals surface area contributed by atoms with Crippen LogP contribution in [0.3, 0.4) is 0 Å². The first kappa shape index (κ1) is 12.7. The van der Waals surface area contributed by atoms with E-state index in [2.05, 4.69) is 26.6 Å². The van der Waals surface area contributed by atoms with E-state index in [1.807, 2.05) is 18.2 Å². The lowest BCUT2D eigenvalue weighted by atomic mass is 10.2. The van der Waals surface area contributed by atoms with Crippen LogP contribution in [0, 0.1) is 0 Å². The molecule has 0 saturated heterocycles. The molecule has 5 heteroatoms. The minimum absolute atomic E-state index is 0.166. The summed E-state index contributed by atoms with van der Waals surface area (Å²) >= 11 is 3.41. The molecule has 19 heavy (non-hydrogen) atoms. The predicted molar refractivity (Wildman–Crippen MR) is 77.3 cm³/mol. The maximum Gasteiger partial charge on any atom is 0.287 e. The fourth-order valence-electron chi connectivity index (χ4n) is 1.97.